The van der Waals surface area contributed by atoms with Crippen LogP contribution >= 0.6 is 0 Å². The van der Waals surface area contributed by atoms with Crippen molar-refractivity contribution in [1.82, 2.24) is 5.32 Å². The summed E-state index contributed by atoms with van der Waals surface area (Å²) in [6.45, 7) is 6.49. The molecular weight excluding hydrogens is 284 g/mol. The maximum absolute atomic E-state index is 12.4. The molecule has 0 spiro atoms. The van der Waals surface area contributed by atoms with Crippen LogP contribution in [0.15, 0.2) is 24.3 Å². The molecule has 2 atom stereocenters. The number of anilines is 1. The second kappa shape index (κ2) is 7.04. The smallest absolute Gasteiger partial charge is 0.226 e. The Labute approximate surface area is 140 Å². The Balaban J connectivity index is 1.81. The highest BCUT2D eigenvalue weighted by Gasteiger charge is 2.34. The van der Waals surface area contributed by atoms with Crippen LogP contribution in [0.3, 0.4) is 0 Å². The molecule has 3 nitrogen and oxygen atoms in total. The zero-order chi connectivity index (χ0) is 16.4. The first-order valence-corrected chi connectivity index (χ1v) is 9.27. The second-order valence-electron chi connectivity index (χ2n) is 7.44. The Morgan fingerprint density at radius 3 is 2.57 bits per heavy atom. The van der Waals surface area contributed by atoms with E-state index in [2.05, 4.69) is 37.4 Å². The summed E-state index contributed by atoms with van der Waals surface area (Å²) in [5, 5.41) is 3.90. The van der Waals surface area contributed by atoms with Gasteiger partial charge in [0.25, 0.3) is 0 Å². The van der Waals surface area contributed by atoms with E-state index in [1.54, 1.807) is 0 Å². The fourth-order valence-corrected chi connectivity index (χ4v) is 4.23. The molecule has 126 valence electrons. The third-order valence-electron chi connectivity index (χ3n) is 5.61. The third kappa shape index (κ3) is 3.45. The number of nitrogens with one attached hydrogen (secondary N) is 1. The van der Waals surface area contributed by atoms with Crippen molar-refractivity contribution in [2.75, 3.05) is 4.90 Å². The highest BCUT2D eigenvalue weighted by Crippen LogP contribution is 2.38. The molecule has 1 aliphatic heterocycles. The molecule has 1 aliphatic carbocycles. The predicted molar refractivity (Wildman–Crippen MR) is 95.6 cm³/mol. The average Bonchev–Trinajstić information content (AvgIpc) is 2.56. The topological polar surface area (TPSA) is 32.3 Å². The number of para-hydroxylation sites is 1. The summed E-state index contributed by atoms with van der Waals surface area (Å²) in [5.74, 6) is 1.11. The zero-order valence-corrected chi connectivity index (χ0v) is 14.7. The number of hydrogen-bond donors (Lipinski definition) is 1. The van der Waals surface area contributed by atoms with Gasteiger partial charge < -0.3 is 10.2 Å². The highest BCUT2D eigenvalue weighted by atomic mass is 16.2. The van der Waals surface area contributed by atoms with E-state index in [4.69, 9.17) is 0 Å². The van der Waals surface area contributed by atoms with Gasteiger partial charge in [0, 0.05) is 30.2 Å². The van der Waals surface area contributed by atoms with Crippen LogP contribution in [0.5, 0.6) is 0 Å². The molecule has 1 amide bonds. The lowest BCUT2D eigenvalue weighted by atomic mass is 9.85. The molecule has 1 N–H and O–H groups in total. The van der Waals surface area contributed by atoms with Gasteiger partial charge in [-0.25, -0.2) is 0 Å². The SMILES string of the molecule is CCC(=O)N1c2ccccc2[C@H](N[C@H]2CC[C@H](C)CC2)C[C@@H]1C. The maximum atomic E-state index is 12.4. The Morgan fingerprint density at radius 1 is 1.17 bits per heavy atom. The summed E-state index contributed by atoms with van der Waals surface area (Å²) in [7, 11) is 0. The fraction of sp³-hybridized carbons (Fsp3) is 0.650. The summed E-state index contributed by atoms with van der Waals surface area (Å²) in [6.07, 6.45) is 6.81. The first-order chi connectivity index (χ1) is 11.1. The molecule has 3 rings (SSSR count). The number of benzene rings is 1. The van der Waals surface area contributed by atoms with Crippen LogP contribution < -0.4 is 10.2 Å². The van der Waals surface area contributed by atoms with Gasteiger partial charge in [-0.05, 0) is 56.6 Å². The lowest BCUT2D eigenvalue weighted by Crippen LogP contribution is -2.47. The average molecular weight is 314 g/mol. The van der Waals surface area contributed by atoms with E-state index in [1.807, 2.05) is 17.9 Å². The third-order valence-corrected chi connectivity index (χ3v) is 5.61. The summed E-state index contributed by atoms with van der Waals surface area (Å²) < 4.78 is 0. The molecule has 0 unspecified atom stereocenters. The minimum atomic E-state index is 0.231. The van der Waals surface area contributed by atoms with Gasteiger partial charge in [0.2, 0.25) is 5.91 Å². The van der Waals surface area contributed by atoms with Gasteiger partial charge in [-0.2, -0.15) is 0 Å². The minimum Gasteiger partial charge on any atom is -0.309 e. The minimum absolute atomic E-state index is 0.231. The Kier molecular flexibility index (Phi) is 5.05. The zero-order valence-electron chi connectivity index (χ0n) is 14.7. The number of carbonyl (C=O) groups excluding carboxylic acids is 1. The summed E-state index contributed by atoms with van der Waals surface area (Å²) in [5.41, 5.74) is 2.41. The molecule has 23 heavy (non-hydrogen) atoms. The Bertz CT molecular complexity index is 548. The van der Waals surface area contributed by atoms with Crippen molar-refractivity contribution in [1.29, 1.82) is 0 Å². The van der Waals surface area contributed by atoms with Crippen molar-refractivity contribution >= 4 is 11.6 Å². The van der Waals surface area contributed by atoms with Crippen molar-refractivity contribution in [3.8, 4) is 0 Å². The normalized spacial score (nSPS) is 30.8. The number of hydrogen-bond acceptors (Lipinski definition) is 2. The largest absolute Gasteiger partial charge is 0.309 e. The number of carbonyl (C=O) groups is 1. The monoisotopic (exact) mass is 314 g/mol. The van der Waals surface area contributed by atoms with E-state index in [1.165, 1.54) is 31.2 Å². The standard InChI is InChI=1S/C20H30N2O/c1-4-20(23)22-15(3)13-18(17-7-5-6-8-19(17)22)21-16-11-9-14(2)10-12-16/h5-8,14-16,18,21H,4,9-13H2,1-3H3/t14-,15-,16-,18+/m0/s1. The van der Waals surface area contributed by atoms with E-state index < -0.39 is 0 Å². The van der Waals surface area contributed by atoms with Gasteiger partial charge in [-0.15, -0.1) is 0 Å². The molecule has 0 radical (unpaired) electrons. The van der Waals surface area contributed by atoms with Gasteiger partial charge >= 0.3 is 0 Å². The molecule has 2 aliphatic rings. The highest BCUT2D eigenvalue weighted by molar-refractivity contribution is 5.95. The van der Waals surface area contributed by atoms with Gasteiger partial charge in [0.15, 0.2) is 0 Å². The summed E-state index contributed by atoms with van der Waals surface area (Å²) in [4.78, 5) is 14.4. The first kappa shape index (κ1) is 16.5. The molecule has 1 aromatic carbocycles. The molecule has 1 aromatic rings. The Hall–Kier alpha value is -1.35. The molecule has 1 fully saturated rings. The second-order valence-corrected chi connectivity index (χ2v) is 7.44. The molecule has 1 heterocycles. The van der Waals surface area contributed by atoms with Crippen molar-refractivity contribution in [3.05, 3.63) is 29.8 Å². The van der Waals surface area contributed by atoms with Crippen LogP contribution in [0, 0.1) is 5.92 Å². The Morgan fingerprint density at radius 2 is 1.87 bits per heavy atom. The fourth-order valence-electron chi connectivity index (χ4n) is 4.23. The van der Waals surface area contributed by atoms with E-state index in [0.717, 1.165) is 18.0 Å². The predicted octanol–water partition coefficient (Wildman–Crippen LogP) is 4.43. The van der Waals surface area contributed by atoms with Gasteiger partial charge in [0.05, 0.1) is 0 Å². The number of rotatable bonds is 3. The maximum Gasteiger partial charge on any atom is 0.226 e. The first-order valence-electron chi connectivity index (χ1n) is 9.27. The molecule has 0 bridgehead atoms. The van der Waals surface area contributed by atoms with Crippen molar-refractivity contribution < 1.29 is 4.79 Å². The van der Waals surface area contributed by atoms with Crippen molar-refractivity contribution in [2.45, 2.75) is 77.4 Å². The molecule has 0 saturated heterocycles. The quantitative estimate of drug-likeness (QED) is 0.895. The van der Waals surface area contributed by atoms with E-state index >= 15 is 0 Å². The van der Waals surface area contributed by atoms with Crippen LogP contribution in [0.1, 0.15) is 70.9 Å². The van der Waals surface area contributed by atoms with Gasteiger partial charge in [-0.3, -0.25) is 4.79 Å². The lowest BCUT2D eigenvalue weighted by molar-refractivity contribution is -0.118. The van der Waals surface area contributed by atoms with E-state index in [-0.39, 0.29) is 11.9 Å². The molecule has 0 aromatic heterocycles. The van der Waals surface area contributed by atoms with Crippen LogP contribution in [0.4, 0.5) is 5.69 Å². The van der Waals surface area contributed by atoms with Crippen LogP contribution in [-0.2, 0) is 4.79 Å². The lowest BCUT2D eigenvalue weighted by Gasteiger charge is -2.41. The number of amides is 1. The molecular formula is C20H30N2O. The van der Waals surface area contributed by atoms with E-state index in [0.29, 0.717) is 18.5 Å². The van der Waals surface area contributed by atoms with E-state index in [9.17, 15) is 4.79 Å². The van der Waals surface area contributed by atoms with Gasteiger partial charge in [-0.1, -0.05) is 32.0 Å². The van der Waals surface area contributed by atoms with Crippen LogP contribution in [0.2, 0.25) is 0 Å². The molecule has 3 heteroatoms. The summed E-state index contributed by atoms with van der Waals surface area (Å²) in [6, 6.07) is 9.71. The summed E-state index contributed by atoms with van der Waals surface area (Å²) >= 11 is 0. The van der Waals surface area contributed by atoms with Crippen LogP contribution in [-0.4, -0.2) is 18.0 Å². The van der Waals surface area contributed by atoms with Crippen molar-refractivity contribution in [2.24, 2.45) is 5.92 Å². The van der Waals surface area contributed by atoms with Crippen LogP contribution in [0.25, 0.3) is 0 Å². The number of nitrogens with zero attached hydrogens (tertiary/aromatic N) is 1. The molecule has 1 saturated carbocycles. The van der Waals surface area contributed by atoms with Crippen molar-refractivity contribution in [3.63, 3.8) is 0 Å². The number of fused-ring (bicyclic) bond motifs is 1. The van der Waals surface area contributed by atoms with Gasteiger partial charge in [0.1, 0.15) is 0 Å².